The van der Waals surface area contributed by atoms with E-state index in [0.29, 0.717) is 16.6 Å². The van der Waals surface area contributed by atoms with Crippen LogP contribution >= 0.6 is 11.6 Å². The maximum absolute atomic E-state index is 12.4. The van der Waals surface area contributed by atoms with Gasteiger partial charge in [-0.05, 0) is 38.8 Å². The Morgan fingerprint density at radius 2 is 1.92 bits per heavy atom. The Morgan fingerprint density at radius 1 is 1.25 bits per heavy atom. The highest BCUT2D eigenvalue weighted by Crippen LogP contribution is 2.42. The van der Waals surface area contributed by atoms with Crippen LogP contribution in [0, 0.1) is 0 Å². The molecule has 1 heterocycles. The normalized spacial score (nSPS) is 14.3. The largest absolute Gasteiger partial charge is 0.337 e. The van der Waals surface area contributed by atoms with Crippen molar-refractivity contribution in [3.63, 3.8) is 0 Å². The van der Waals surface area contributed by atoms with Crippen molar-refractivity contribution in [3.05, 3.63) is 46.7 Å². The van der Waals surface area contributed by atoms with Crippen molar-refractivity contribution in [3.8, 4) is 0 Å². The fraction of sp³-hybridized carbons (Fsp3) is 0.353. The van der Waals surface area contributed by atoms with Crippen molar-refractivity contribution in [2.45, 2.75) is 38.1 Å². The van der Waals surface area contributed by atoms with Crippen LogP contribution in [0.2, 0.25) is 5.02 Å². The third-order valence-electron chi connectivity index (χ3n) is 3.96. The van der Waals surface area contributed by atoms with E-state index in [4.69, 9.17) is 11.6 Å². The molecule has 7 heteroatoms. The molecule has 126 valence electrons. The smallest absolute Gasteiger partial charge is 0.274 e. The molecular weight excluding hydrogens is 328 g/mol. The zero-order chi connectivity index (χ0) is 17.3. The minimum Gasteiger partial charge on any atom is -0.337 e. The van der Waals surface area contributed by atoms with Crippen LogP contribution < -0.4 is 10.6 Å². The summed E-state index contributed by atoms with van der Waals surface area (Å²) in [6.07, 6.45) is 2.10. The number of hydrogen-bond acceptors (Lipinski definition) is 3. The first-order valence-electron chi connectivity index (χ1n) is 7.81. The third-order valence-corrected chi connectivity index (χ3v) is 4.34. The number of aromatic nitrogens is 2. The van der Waals surface area contributed by atoms with E-state index in [9.17, 15) is 9.59 Å². The zero-order valence-corrected chi connectivity index (χ0v) is 14.3. The number of rotatable bonds is 5. The first-order chi connectivity index (χ1) is 11.4. The lowest BCUT2D eigenvalue weighted by molar-refractivity contribution is -0.120. The molecule has 0 aliphatic heterocycles. The molecule has 2 aromatic rings. The highest BCUT2D eigenvalue weighted by molar-refractivity contribution is 6.34. The SMILES string of the molecule is CC(C)(NC(=O)c1n[nH]c(C2CC2)c1Cl)C(=O)Nc1ccccc1. The van der Waals surface area contributed by atoms with E-state index in [-0.39, 0.29) is 11.6 Å². The summed E-state index contributed by atoms with van der Waals surface area (Å²) in [5.41, 5.74) is 0.473. The van der Waals surface area contributed by atoms with Gasteiger partial charge in [-0.15, -0.1) is 0 Å². The van der Waals surface area contributed by atoms with Crippen LogP contribution in [0.1, 0.15) is 48.8 Å². The number of amides is 2. The monoisotopic (exact) mass is 346 g/mol. The predicted octanol–water partition coefficient (Wildman–Crippen LogP) is 3.09. The molecule has 3 N–H and O–H groups in total. The van der Waals surface area contributed by atoms with Gasteiger partial charge in [0.2, 0.25) is 5.91 Å². The van der Waals surface area contributed by atoms with Gasteiger partial charge in [-0.1, -0.05) is 29.8 Å². The molecule has 24 heavy (non-hydrogen) atoms. The van der Waals surface area contributed by atoms with Gasteiger partial charge in [0.1, 0.15) is 5.54 Å². The molecule has 3 rings (SSSR count). The number of nitrogens with zero attached hydrogens (tertiary/aromatic N) is 1. The third kappa shape index (κ3) is 3.43. The van der Waals surface area contributed by atoms with Crippen LogP contribution in [0.4, 0.5) is 5.69 Å². The molecular formula is C17H19ClN4O2. The van der Waals surface area contributed by atoms with Gasteiger partial charge in [-0.3, -0.25) is 14.7 Å². The van der Waals surface area contributed by atoms with E-state index >= 15 is 0 Å². The van der Waals surface area contributed by atoms with E-state index in [1.807, 2.05) is 18.2 Å². The average molecular weight is 347 g/mol. The Kier molecular flexibility index (Phi) is 4.32. The molecule has 0 atom stereocenters. The molecule has 1 aliphatic carbocycles. The summed E-state index contributed by atoms with van der Waals surface area (Å²) in [5, 5.41) is 12.6. The second-order valence-electron chi connectivity index (χ2n) is 6.47. The maximum atomic E-state index is 12.4. The van der Waals surface area contributed by atoms with Gasteiger partial charge >= 0.3 is 0 Å². The number of carbonyl (C=O) groups excluding carboxylic acids is 2. The number of H-pyrrole nitrogens is 1. The van der Waals surface area contributed by atoms with Crippen molar-refractivity contribution < 1.29 is 9.59 Å². The first-order valence-corrected chi connectivity index (χ1v) is 8.19. The lowest BCUT2D eigenvalue weighted by Gasteiger charge is -2.24. The fourth-order valence-electron chi connectivity index (χ4n) is 2.34. The molecule has 0 unspecified atom stereocenters. The number of carbonyl (C=O) groups is 2. The second-order valence-corrected chi connectivity index (χ2v) is 6.85. The van der Waals surface area contributed by atoms with Crippen molar-refractivity contribution in [1.29, 1.82) is 0 Å². The minimum absolute atomic E-state index is 0.124. The number of aromatic amines is 1. The standard InChI is InChI=1S/C17H19ClN4O2/c1-17(2,16(24)19-11-6-4-3-5-7-11)20-15(23)14-12(18)13(21-22-14)10-8-9-10/h3-7,10H,8-9H2,1-2H3,(H,19,24)(H,20,23)(H,21,22). The number of hydrogen-bond donors (Lipinski definition) is 3. The topological polar surface area (TPSA) is 86.9 Å². The molecule has 1 aliphatic rings. The van der Waals surface area contributed by atoms with Gasteiger partial charge in [0.15, 0.2) is 5.69 Å². The summed E-state index contributed by atoms with van der Waals surface area (Å²) in [4.78, 5) is 24.9. The summed E-state index contributed by atoms with van der Waals surface area (Å²) in [7, 11) is 0. The molecule has 1 fully saturated rings. The zero-order valence-electron chi connectivity index (χ0n) is 13.5. The van der Waals surface area contributed by atoms with E-state index < -0.39 is 11.4 Å². The summed E-state index contributed by atoms with van der Waals surface area (Å²) in [5.74, 6) is -0.437. The van der Waals surface area contributed by atoms with Crippen LogP contribution in [0.3, 0.4) is 0 Å². The molecule has 1 aromatic carbocycles. The molecule has 0 saturated heterocycles. The molecule has 0 spiro atoms. The van der Waals surface area contributed by atoms with Crippen LogP contribution in [0.5, 0.6) is 0 Å². The molecule has 2 amide bonds. The van der Waals surface area contributed by atoms with Gasteiger partial charge in [-0.2, -0.15) is 5.10 Å². The molecule has 1 aromatic heterocycles. The van der Waals surface area contributed by atoms with Crippen molar-refractivity contribution in [2.24, 2.45) is 0 Å². The maximum Gasteiger partial charge on any atom is 0.274 e. The lowest BCUT2D eigenvalue weighted by Crippen LogP contribution is -2.52. The first kappa shape index (κ1) is 16.5. The molecule has 0 bridgehead atoms. The van der Waals surface area contributed by atoms with E-state index in [0.717, 1.165) is 18.5 Å². The number of nitrogens with one attached hydrogen (secondary N) is 3. The minimum atomic E-state index is -1.12. The Morgan fingerprint density at radius 3 is 2.54 bits per heavy atom. The summed E-state index contributed by atoms with van der Waals surface area (Å²) < 4.78 is 0. The number of halogens is 1. The van der Waals surface area contributed by atoms with Gasteiger partial charge < -0.3 is 10.6 Å². The van der Waals surface area contributed by atoms with Crippen LogP contribution in [0.15, 0.2) is 30.3 Å². The van der Waals surface area contributed by atoms with Gasteiger partial charge in [0.05, 0.1) is 10.7 Å². The number of benzene rings is 1. The van der Waals surface area contributed by atoms with Gasteiger partial charge in [0.25, 0.3) is 5.91 Å². The second kappa shape index (κ2) is 6.28. The Hall–Kier alpha value is -2.34. The summed E-state index contributed by atoms with van der Waals surface area (Å²) in [6, 6.07) is 9.07. The number of anilines is 1. The van der Waals surface area contributed by atoms with E-state index in [1.165, 1.54) is 0 Å². The Labute approximate surface area is 145 Å². The quantitative estimate of drug-likeness (QED) is 0.777. The highest BCUT2D eigenvalue weighted by Gasteiger charge is 2.34. The van der Waals surface area contributed by atoms with Crippen molar-refractivity contribution in [1.82, 2.24) is 15.5 Å². The van der Waals surface area contributed by atoms with Crippen molar-refractivity contribution >= 4 is 29.1 Å². The Bertz CT molecular complexity index is 766. The van der Waals surface area contributed by atoms with Crippen LogP contribution in [0.25, 0.3) is 0 Å². The molecule has 6 nitrogen and oxygen atoms in total. The molecule has 1 saturated carbocycles. The predicted molar refractivity (Wildman–Crippen MR) is 92.2 cm³/mol. The van der Waals surface area contributed by atoms with Gasteiger partial charge in [0, 0.05) is 11.6 Å². The fourth-order valence-corrected chi connectivity index (χ4v) is 2.67. The summed E-state index contributed by atoms with van der Waals surface area (Å²) in [6.45, 7) is 3.26. The van der Waals surface area contributed by atoms with Crippen LogP contribution in [-0.2, 0) is 4.79 Å². The van der Waals surface area contributed by atoms with E-state index in [2.05, 4.69) is 20.8 Å². The highest BCUT2D eigenvalue weighted by atomic mass is 35.5. The Balaban J connectivity index is 1.69. The van der Waals surface area contributed by atoms with Gasteiger partial charge in [-0.25, -0.2) is 0 Å². The van der Waals surface area contributed by atoms with Crippen molar-refractivity contribution in [2.75, 3.05) is 5.32 Å². The lowest BCUT2D eigenvalue weighted by atomic mass is 10.0. The average Bonchev–Trinajstić information content (AvgIpc) is 3.30. The van der Waals surface area contributed by atoms with Crippen LogP contribution in [-0.4, -0.2) is 27.6 Å². The van der Waals surface area contributed by atoms with E-state index in [1.54, 1.807) is 26.0 Å². The molecule has 0 radical (unpaired) electrons. The summed E-state index contributed by atoms with van der Waals surface area (Å²) >= 11 is 6.24. The number of para-hydroxylation sites is 1.